The number of halogens is 2. The third-order valence-corrected chi connectivity index (χ3v) is 2.68. The maximum Gasteiger partial charge on any atom is 0.0500 e. The van der Waals surface area contributed by atoms with E-state index in [1.807, 2.05) is 0 Å². The largest absolute Gasteiger partial charge is 0.121 e. The van der Waals surface area contributed by atoms with Crippen LogP contribution >= 0.6 is 23.2 Å². The molecule has 0 spiro atoms. The van der Waals surface area contributed by atoms with Crippen LogP contribution in [-0.4, -0.2) is 10.8 Å². The van der Waals surface area contributed by atoms with Gasteiger partial charge < -0.3 is 0 Å². The van der Waals surface area contributed by atoms with Gasteiger partial charge in [0.15, 0.2) is 0 Å². The molecule has 2 unspecified atom stereocenters. The maximum atomic E-state index is 5.90. The lowest BCUT2D eigenvalue weighted by atomic mass is 10.1. The molecule has 0 aliphatic rings. The van der Waals surface area contributed by atoms with Gasteiger partial charge in [-0.15, -0.1) is 23.2 Å². The van der Waals surface area contributed by atoms with Crippen molar-refractivity contribution in [1.29, 1.82) is 0 Å². The quantitative estimate of drug-likeness (QED) is 0.444. The Morgan fingerprint density at radius 2 is 1.82 bits per heavy atom. The fraction of sp³-hybridized carbons (Fsp3) is 0.889. The summed E-state index contributed by atoms with van der Waals surface area (Å²) in [4.78, 5) is 0. The average molecular weight is 196 g/mol. The molecule has 0 saturated carbocycles. The van der Waals surface area contributed by atoms with E-state index in [2.05, 4.69) is 13.8 Å². The lowest BCUT2D eigenvalue weighted by molar-refractivity contribution is 0.617. The first kappa shape index (κ1) is 11.6. The first-order valence-electron chi connectivity index (χ1n) is 4.29. The summed E-state index contributed by atoms with van der Waals surface area (Å²) in [6.45, 7) is 5.87. The Labute approximate surface area is 80.3 Å². The van der Waals surface area contributed by atoms with Gasteiger partial charge in [-0.3, -0.25) is 0 Å². The van der Waals surface area contributed by atoms with Crippen molar-refractivity contribution in [3.8, 4) is 0 Å². The second-order valence-electron chi connectivity index (χ2n) is 2.88. The topological polar surface area (TPSA) is 0 Å². The van der Waals surface area contributed by atoms with E-state index in [-0.39, 0.29) is 10.8 Å². The Balaban J connectivity index is 3.10. The molecule has 0 N–H and O–H groups in total. The van der Waals surface area contributed by atoms with Gasteiger partial charge in [-0.2, -0.15) is 0 Å². The van der Waals surface area contributed by atoms with Gasteiger partial charge in [-0.25, -0.2) is 0 Å². The highest BCUT2D eigenvalue weighted by Gasteiger charge is 2.09. The van der Waals surface area contributed by atoms with E-state index in [0.717, 1.165) is 6.42 Å². The number of rotatable bonds is 6. The predicted molar refractivity (Wildman–Crippen MR) is 53.4 cm³/mol. The van der Waals surface area contributed by atoms with Crippen molar-refractivity contribution >= 4 is 23.2 Å². The molecular formula is C9H17Cl2. The standard InChI is InChI=1S/C9H17Cl2/c1-3-4-5-6-7-9(11)8(2)10/h8-9H,2-7H2,1H3. The highest BCUT2D eigenvalue weighted by atomic mass is 35.5. The third kappa shape index (κ3) is 6.96. The normalized spacial score (nSPS) is 16.4. The Hall–Kier alpha value is 0.580. The molecule has 2 atom stereocenters. The van der Waals surface area contributed by atoms with Gasteiger partial charge in [0.05, 0.1) is 0 Å². The lowest BCUT2D eigenvalue weighted by Gasteiger charge is -2.10. The van der Waals surface area contributed by atoms with E-state index in [0.29, 0.717) is 0 Å². The maximum absolute atomic E-state index is 5.90. The Bertz CT molecular complexity index is 81.6. The summed E-state index contributed by atoms with van der Waals surface area (Å²) in [6, 6.07) is 0. The minimum Gasteiger partial charge on any atom is -0.121 e. The molecule has 0 rings (SSSR count). The van der Waals surface area contributed by atoms with Gasteiger partial charge in [-0.1, -0.05) is 32.6 Å². The van der Waals surface area contributed by atoms with E-state index >= 15 is 0 Å². The lowest BCUT2D eigenvalue weighted by Crippen LogP contribution is -2.10. The van der Waals surface area contributed by atoms with Crippen LogP contribution in [-0.2, 0) is 0 Å². The van der Waals surface area contributed by atoms with Crippen LogP contribution in [0.5, 0.6) is 0 Å². The second-order valence-corrected chi connectivity index (χ2v) is 4.00. The number of alkyl halides is 2. The zero-order valence-electron chi connectivity index (χ0n) is 7.15. The highest BCUT2D eigenvalue weighted by Crippen LogP contribution is 2.16. The van der Waals surface area contributed by atoms with Crippen molar-refractivity contribution in [2.75, 3.05) is 0 Å². The Morgan fingerprint density at radius 1 is 1.18 bits per heavy atom. The molecule has 67 valence electrons. The molecule has 0 aromatic carbocycles. The van der Waals surface area contributed by atoms with Crippen LogP contribution in [0, 0.1) is 6.92 Å². The monoisotopic (exact) mass is 195 g/mol. The fourth-order valence-electron chi connectivity index (χ4n) is 0.947. The molecule has 1 radical (unpaired) electrons. The van der Waals surface area contributed by atoms with Gasteiger partial charge in [0.2, 0.25) is 0 Å². The molecule has 0 aromatic heterocycles. The van der Waals surface area contributed by atoms with Crippen LogP contribution in [0.25, 0.3) is 0 Å². The van der Waals surface area contributed by atoms with Gasteiger partial charge in [0.1, 0.15) is 0 Å². The fourth-order valence-corrected chi connectivity index (χ4v) is 1.23. The zero-order chi connectivity index (χ0) is 8.69. The number of unbranched alkanes of at least 4 members (excludes halogenated alkanes) is 3. The van der Waals surface area contributed by atoms with Crippen molar-refractivity contribution in [1.82, 2.24) is 0 Å². The molecule has 11 heavy (non-hydrogen) atoms. The van der Waals surface area contributed by atoms with Crippen LogP contribution in [0.2, 0.25) is 0 Å². The summed E-state index contributed by atoms with van der Waals surface area (Å²) in [5.74, 6) is 0. The van der Waals surface area contributed by atoms with Crippen LogP contribution in [0.3, 0.4) is 0 Å². The van der Waals surface area contributed by atoms with Crippen LogP contribution in [0.15, 0.2) is 0 Å². The van der Waals surface area contributed by atoms with E-state index in [4.69, 9.17) is 23.2 Å². The predicted octanol–water partition coefficient (Wildman–Crippen LogP) is 4.01. The Morgan fingerprint density at radius 3 is 2.27 bits per heavy atom. The molecule has 0 aromatic rings. The summed E-state index contributed by atoms with van der Waals surface area (Å²) in [5, 5.41) is -0.0909. The Kier molecular flexibility index (Phi) is 7.62. The molecule has 0 fully saturated rings. The van der Waals surface area contributed by atoms with Crippen molar-refractivity contribution < 1.29 is 0 Å². The van der Waals surface area contributed by atoms with Crippen molar-refractivity contribution in [2.24, 2.45) is 0 Å². The van der Waals surface area contributed by atoms with Gasteiger partial charge in [-0.05, 0) is 13.3 Å². The molecular weight excluding hydrogens is 179 g/mol. The van der Waals surface area contributed by atoms with Crippen LogP contribution in [0.4, 0.5) is 0 Å². The number of hydrogen-bond acceptors (Lipinski definition) is 0. The molecule has 0 heterocycles. The SMILES string of the molecule is [CH2]C(Cl)C(Cl)CCCCCC. The molecule has 0 bridgehead atoms. The molecule has 2 heteroatoms. The van der Waals surface area contributed by atoms with Gasteiger partial charge in [0.25, 0.3) is 0 Å². The zero-order valence-corrected chi connectivity index (χ0v) is 8.67. The first-order valence-corrected chi connectivity index (χ1v) is 5.17. The van der Waals surface area contributed by atoms with E-state index in [1.54, 1.807) is 0 Å². The second kappa shape index (κ2) is 7.24. The molecule has 0 saturated heterocycles. The molecule has 0 aliphatic carbocycles. The summed E-state index contributed by atoms with van der Waals surface area (Å²) >= 11 is 11.6. The van der Waals surface area contributed by atoms with Crippen LogP contribution in [0.1, 0.15) is 39.0 Å². The van der Waals surface area contributed by atoms with E-state index < -0.39 is 0 Å². The number of hydrogen-bond donors (Lipinski definition) is 0. The summed E-state index contributed by atoms with van der Waals surface area (Å²) in [6.07, 6.45) is 6.01. The molecule has 0 aliphatic heterocycles. The van der Waals surface area contributed by atoms with Crippen molar-refractivity contribution in [2.45, 2.75) is 49.8 Å². The van der Waals surface area contributed by atoms with Crippen molar-refractivity contribution in [3.05, 3.63) is 6.92 Å². The van der Waals surface area contributed by atoms with E-state index in [1.165, 1.54) is 25.7 Å². The van der Waals surface area contributed by atoms with Crippen LogP contribution < -0.4 is 0 Å². The van der Waals surface area contributed by atoms with E-state index in [9.17, 15) is 0 Å². The summed E-state index contributed by atoms with van der Waals surface area (Å²) in [5.41, 5.74) is 0. The summed E-state index contributed by atoms with van der Waals surface area (Å²) < 4.78 is 0. The minimum absolute atomic E-state index is 0.0496. The highest BCUT2D eigenvalue weighted by molar-refractivity contribution is 6.30. The third-order valence-electron chi connectivity index (χ3n) is 1.73. The smallest absolute Gasteiger partial charge is 0.0500 e. The van der Waals surface area contributed by atoms with Crippen molar-refractivity contribution in [3.63, 3.8) is 0 Å². The molecule has 0 amide bonds. The summed E-state index contributed by atoms with van der Waals surface area (Å²) in [7, 11) is 0. The molecule has 0 nitrogen and oxygen atoms in total. The van der Waals surface area contributed by atoms with Gasteiger partial charge >= 0.3 is 0 Å². The van der Waals surface area contributed by atoms with Gasteiger partial charge in [0, 0.05) is 10.8 Å². The first-order chi connectivity index (χ1) is 5.18. The average Bonchev–Trinajstić information content (AvgIpc) is 1.97. The minimum atomic E-state index is -0.140.